The third kappa shape index (κ3) is 4.00. The fourth-order valence-corrected chi connectivity index (χ4v) is 3.70. The second-order valence-corrected chi connectivity index (χ2v) is 6.69. The zero-order valence-corrected chi connectivity index (χ0v) is 15.2. The Morgan fingerprint density at radius 3 is 2.96 bits per heavy atom. The van der Waals surface area contributed by atoms with Crippen LogP contribution in [0.5, 0.6) is 5.75 Å². The summed E-state index contributed by atoms with van der Waals surface area (Å²) < 4.78 is 5.17. The molecule has 1 aromatic heterocycles. The number of aromatic nitrogens is 1. The van der Waals surface area contributed by atoms with Crippen LogP contribution in [0.3, 0.4) is 0 Å². The van der Waals surface area contributed by atoms with Crippen LogP contribution in [0.1, 0.15) is 38.2 Å². The molecule has 2 atom stereocenters. The number of nitrogens with zero attached hydrogens (tertiary/aromatic N) is 2. The van der Waals surface area contributed by atoms with Gasteiger partial charge in [0, 0.05) is 30.4 Å². The molecule has 0 amide bonds. The summed E-state index contributed by atoms with van der Waals surface area (Å²) >= 11 is 0. The molecule has 0 unspecified atom stereocenters. The van der Waals surface area contributed by atoms with Gasteiger partial charge in [0.15, 0.2) is 0 Å². The summed E-state index contributed by atoms with van der Waals surface area (Å²) in [5.41, 5.74) is 0.494. The standard InChI is InChI=1S/C19H23N3O5/c1-2-27-19(24)13-6-3-4-8-15(13)21-11-12-10-16(22(25)26)14-7-5-9-20-17(14)18(12)23/h5,7,9-10,13,15,21,23H,2-4,6,8,11H2,1H3/t13-,15+/m1/s1. The molecule has 27 heavy (non-hydrogen) atoms. The monoisotopic (exact) mass is 373 g/mol. The van der Waals surface area contributed by atoms with Crippen molar-refractivity contribution in [3.63, 3.8) is 0 Å². The van der Waals surface area contributed by atoms with Crippen LogP contribution in [0.2, 0.25) is 0 Å². The van der Waals surface area contributed by atoms with Crippen LogP contribution in [-0.2, 0) is 16.1 Å². The summed E-state index contributed by atoms with van der Waals surface area (Å²) in [5, 5.41) is 25.5. The minimum absolute atomic E-state index is 0.0767. The molecule has 1 aromatic carbocycles. The lowest BCUT2D eigenvalue weighted by molar-refractivity contribution is -0.383. The van der Waals surface area contributed by atoms with E-state index in [-0.39, 0.29) is 41.4 Å². The second kappa shape index (κ2) is 8.30. The van der Waals surface area contributed by atoms with Crippen LogP contribution in [-0.4, -0.2) is 33.6 Å². The second-order valence-electron chi connectivity index (χ2n) is 6.69. The summed E-state index contributed by atoms with van der Waals surface area (Å²) in [6.07, 6.45) is 5.03. The molecule has 1 saturated carbocycles. The largest absolute Gasteiger partial charge is 0.505 e. The molecule has 2 N–H and O–H groups in total. The molecule has 0 bridgehead atoms. The van der Waals surface area contributed by atoms with Gasteiger partial charge in [-0.25, -0.2) is 0 Å². The Balaban J connectivity index is 1.84. The number of benzene rings is 1. The molecule has 8 nitrogen and oxygen atoms in total. The van der Waals surface area contributed by atoms with Crippen LogP contribution in [0.25, 0.3) is 10.9 Å². The van der Waals surface area contributed by atoms with Crippen molar-refractivity contribution in [2.75, 3.05) is 6.61 Å². The zero-order chi connectivity index (χ0) is 19.4. The summed E-state index contributed by atoms with van der Waals surface area (Å²) in [6.45, 7) is 2.33. The molecule has 2 aromatic rings. The Morgan fingerprint density at radius 2 is 2.22 bits per heavy atom. The minimum atomic E-state index is -0.477. The highest BCUT2D eigenvalue weighted by Gasteiger charge is 2.32. The van der Waals surface area contributed by atoms with Crippen molar-refractivity contribution in [2.24, 2.45) is 5.92 Å². The number of carbonyl (C=O) groups excluding carboxylic acids is 1. The van der Waals surface area contributed by atoms with Crippen molar-refractivity contribution in [1.29, 1.82) is 0 Å². The summed E-state index contributed by atoms with van der Waals surface area (Å²) in [7, 11) is 0. The van der Waals surface area contributed by atoms with E-state index in [9.17, 15) is 20.0 Å². The molecule has 0 aliphatic heterocycles. The van der Waals surface area contributed by atoms with Crippen LogP contribution in [0.15, 0.2) is 24.4 Å². The van der Waals surface area contributed by atoms with Crippen molar-refractivity contribution < 1.29 is 19.6 Å². The Kier molecular flexibility index (Phi) is 5.85. The quantitative estimate of drug-likeness (QED) is 0.454. The van der Waals surface area contributed by atoms with Gasteiger partial charge in [-0.05, 0) is 31.9 Å². The van der Waals surface area contributed by atoms with Gasteiger partial charge in [-0.2, -0.15) is 0 Å². The number of ether oxygens (including phenoxy) is 1. The first-order valence-corrected chi connectivity index (χ1v) is 9.17. The Bertz CT molecular complexity index is 855. The normalized spacial score (nSPS) is 19.7. The summed E-state index contributed by atoms with van der Waals surface area (Å²) in [4.78, 5) is 27.2. The van der Waals surface area contributed by atoms with E-state index < -0.39 is 4.92 Å². The van der Waals surface area contributed by atoms with Gasteiger partial charge in [0.1, 0.15) is 11.3 Å². The van der Waals surface area contributed by atoms with Crippen LogP contribution in [0, 0.1) is 16.0 Å². The molecule has 0 saturated heterocycles. The highest BCUT2D eigenvalue weighted by atomic mass is 16.6. The van der Waals surface area contributed by atoms with Gasteiger partial charge >= 0.3 is 5.97 Å². The summed E-state index contributed by atoms with van der Waals surface area (Å²) in [5.74, 6) is -0.535. The van der Waals surface area contributed by atoms with E-state index in [0.717, 1.165) is 25.7 Å². The van der Waals surface area contributed by atoms with E-state index in [4.69, 9.17) is 4.74 Å². The number of rotatable bonds is 6. The SMILES string of the molecule is CCOC(=O)[C@@H]1CCCC[C@@H]1NCc1cc([N+](=O)[O-])c2cccnc2c1O. The van der Waals surface area contributed by atoms with Crippen molar-refractivity contribution in [3.8, 4) is 5.75 Å². The highest BCUT2D eigenvalue weighted by molar-refractivity contribution is 5.93. The lowest BCUT2D eigenvalue weighted by Crippen LogP contribution is -2.42. The smallest absolute Gasteiger partial charge is 0.310 e. The number of phenols is 1. The number of nitrogens with one attached hydrogen (secondary N) is 1. The molecule has 0 spiro atoms. The number of aromatic hydroxyl groups is 1. The molecule has 1 aliphatic rings. The highest BCUT2D eigenvalue weighted by Crippen LogP contribution is 2.35. The molecule has 144 valence electrons. The van der Waals surface area contributed by atoms with Gasteiger partial charge in [0.2, 0.25) is 0 Å². The number of nitro groups is 1. The topological polar surface area (TPSA) is 115 Å². The average molecular weight is 373 g/mol. The molecule has 1 heterocycles. The number of esters is 1. The maximum absolute atomic E-state index is 12.2. The molecular weight excluding hydrogens is 350 g/mol. The number of hydrogen-bond acceptors (Lipinski definition) is 7. The number of nitro benzene ring substituents is 1. The number of fused-ring (bicyclic) bond motifs is 1. The number of phenolic OH excluding ortho intramolecular Hbond substituents is 1. The van der Waals surface area contributed by atoms with Crippen LogP contribution in [0.4, 0.5) is 5.69 Å². The number of hydrogen-bond donors (Lipinski definition) is 2. The van der Waals surface area contributed by atoms with Crippen LogP contribution < -0.4 is 5.32 Å². The van der Waals surface area contributed by atoms with Crippen molar-refractivity contribution in [3.05, 3.63) is 40.1 Å². The van der Waals surface area contributed by atoms with E-state index in [1.165, 1.54) is 12.3 Å². The van der Waals surface area contributed by atoms with Crippen molar-refractivity contribution in [2.45, 2.75) is 45.2 Å². The molecule has 0 radical (unpaired) electrons. The van der Waals surface area contributed by atoms with Gasteiger partial charge in [-0.1, -0.05) is 12.8 Å². The molecule has 3 rings (SSSR count). The molecule has 1 fully saturated rings. The van der Waals surface area contributed by atoms with Crippen molar-refractivity contribution >= 4 is 22.6 Å². The van der Waals surface area contributed by atoms with Gasteiger partial charge in [0.05, 0.1) is 22.8 Å². The van der Waals surface area contributed by atoms with E-state index >= 15 is 0 Å². The molecule has 8 heteroatoms. The third-order valence-corrected chi connectivity index (χ3v) is 5.03. The third-order valence-electron chi connectivity index (χ3n) is 5.03. The number of pyridine rings is 1. The zero-order valence-electron chi connectivity index (χ0n) is 15.2. The van der Waals surface area contributed by atoms with E-state index in [0.29, 0.717) is 17.6 Å². The predicted octanol–water partition coefficient (Wildman–Crippen LogP) is 3.06. The Morgan fingerprint density at radius 1 is 1.44 bits per heavy atom. The first-order chi connectivity index (χ1) is 13.0. The predicted molar refractivity (Wildman–Crippen MR) is 99.3 cm³/mol. The fourth-order valence-electron chi connectivity index (χ4n) is 3.70. The van der Waals surface area contributed by atoms with Crippen molar-refractivity contribution in [1.82, 2.24) is 10.3 Å². The van der Waals surface area contributed by atoms with Gasteiger partial charge < -0.3 is 15.2 Å². The molecule has 1 aliphatic carbocycles. The van der Waals surface area contributed by atoms with E-state index in [2.05, 4.69) is 10.3 Å². The maximum atomic E-state index is 12.2. The fraction of sp³-hybridized carbons (Fsp3) is 0.474. The lowest BCUT2D eigenvalue weighted by atomic mass is 9.84. The Hall–Kier alpha value is -2.74. The number of non-ortho nitro benzene ring substituents is 1. The van der Waals surface area contributed by atoms with Crippen LogP contribution >= 0.6 is 0 Å². The van der Waals surface area contributed by atoms with E-state index in [1.807, 2.05) is 0 Å². The number of carbonyl (C=O) groups is 1. The summed E-state index contributed by atoms with van der Waals surface area (Å²) in [6, 6.07) is 4.44. The average Bonchev–Trinajstić information content (AvgIpc) is 2.68. The van der Waals surface area contributed by atoms with Gasteiger partial charge in [-0.15, -0.1) is 0 Å². The minimum Gasteiger partial charge on any atom is -0.505 e. The maximum Gasteiger partial charge on any atom is 0.310 e. The molecular formula is C19H23N3O5. The first-order valence-electron chi connectivity index (χ1n) is 9.17. The Labute approximate surface area is 156 Å². The lowest BCUT2D eigenvalue weighted by Gasteiger charge is -2.30. The van der Waals surface area contributed by atoms with Gasteiger partial charge in [0.25, 0.3) is 5.69 Å². The van der Waals surface area contributed by atoms with E-state index in [1.54, 1.807) is 19.1 Å². The first kappa shape index (κ1) is 19.0. The van der Waals surface area contributed by atoms with Gasteiger partial charge in [-0.3, -0.25) is 19.9 Å².